The van der Waals surface area contributed by atoms with Crippen LogP contribution in [-0.4, -0.2) is 6.54 Å². The fourth-order valence-electron chi connectivity index (χ4n) is 1.57. The molecule has 1 nitrogen and oxygen atoms in total. The zero-order valence-electron chi connectivity index (χ0n) is 11.5. The van der Waals surface area contributed by atoms with Crippen molar-refractivity contribution in [3.63, 3.8) is 0 Å². The van der Waals surface area contributed by atoms with Crippen LogP contribution in [0.5, 0.6) is 0 Å². The molecule has 0 heterocycles. The minimum Gasteiger partial charge on any atom is -0.331 e. The van der Waals surface area contributed by atoms with E-state index in [4.69, 9.17) is 5.73 Å². The van der Waals surface area contributed by atoms with Gasteiger partial charge in [0.25, 0.3) is 0 Å². The van der Waals surface area contributed by atoms with Crippen molar-refractivity contribution >= 4 is 0 Å². The molecule has 0 saturated heterocycles. The van der Waals surface area contributed by atoms with E-state index < -0.39 is 0 Å². The minimum atomic E-state index is 0.750. The van der Waals surface area contributed by atoms with Crippen molar-refractivity contribution in [2.24, 2.45) is 11.7 Å². The van der Waals surface area contributed by atoms with Crippen molar-refractivity contribution in [3.05, 3.63) is 34.9 Å². The maximum Gasteiger partial charge on any atom is -0.0106 e. The van der Waals surface area contributed by atoms with Crippen LogP contribution in [0.25, 0.3) is 0 Å². The molecule has 1 aromatic rings. The Kier molecular flexibility index (Phi) is 7.92. The lowest BCUT2D eigenvalue weighted by Crippen LogP contribution is -1.94. The van der Waals surface area contributed by atoms with Crippen molar-refractivity contribution in [2.45, 2.75) is 47.5 Å². The molecule has 2 N–H and O–H groups in total. The van der Waals surface area contributed by atoms with Crippen molar-refractivity contribution < 1.29 is 0 Å². The van der Waals surface area contributed by atoms with Crippen molar-refractivity contribution in [1.82, 2.24) is 0 Å². The van der Waals surface area contributed by atoms with Crippen LogP contribution < -0.4 is 5.73 Å². The Bertz CT molecular complexity index is 289. The molecule has 1 heteroatoms. The van der Waals surface area contributed by atoms with Gasteiger partial charge in [-0.25, -0.2) is 0 Å². The number of hydrogen-bond acceptors (Lipinski definition) is 1. The first-order valence-electron chi connectivity index (χ1n) is 6.27. The van der Waals surface area contributed by atoms with Crippen LogP contribution in [0.2, 0.25) is 0 Å². The summed E-state index contributed by atoms with van der Waals surface area (Å²) in [6, 6.07) is 6.76. The van der Waals surface area contributed by atoms with Gasteiger partial charge in [-0.15, -0.1) is 0 Å². The molecule has 0 unspecified atom stereocenters. The van der Waals surface area contributed by atoms with E-state index in [-0.39, 0.29) is 0 Å². The predicted molar refractivity (Wildman–Crippen MR) is 73.8 cm³/mol. The number of aryl methyl sites for hydroxylation is 3. The summed E-state index contributed by atoms with van der Waals surface area (Å²) < 4.78 is 0. The van der Waals surface area contributed by atoms with Crippen molar-refractivity contribution in [2.75, 3.05) is 6.54 Å². The van der Waals surface area contributed by atoms with Crippen LogP contribution in [-0.2, 0) is 6.42 Å². The number of rotatable bonds is 3. The van der Waals surface area contributed by atoms with E-state index in [0.717, 1.165) is 12.5 Å². The van der Waals surface area contributed by atoms with Gasteiger partial charge in [0.05, 0.1) is 0 Å². The summed E-state index contributed by atoms with van der Waals surface area (Å²) >= 11 is 0. The maximum absolute atomic E-state index is 4.85. The van der Waals surface area contributed by atoms with Gasteiger partial charge in [-0.3, -0.25) is 0 Å². The fraction of sp³-hybridized carbons (Fsp3) is 0.600. The van der Waals surface area contributed by atoms with Gasteiger partial charge >= 0.3 is 0 Å². The molecule has 0 aromatic heterocycles. The third-order valence-corrected chi connectivity index (χ3v) is 2.49. The van der Waals surface area contributed by atoms with E-state index >= 15 is 0 Å². The topological polar surface area (TPSA) is 26.0 Å². The van der Waals surface area contributed by atoms with Crippen LogP contribution in [0.15, 0.2) is 18.2 Å². The highest BCUT2D eigenvalue weighted by atomic mass is 14.5. The molecular weight excluding hydrogens is 194 g/mol. The van der Waals surface area contributed by atoms with Gasteiger partial charge in [0.2, 0.25) is 0 Å². The lowest BCUT2D eigenvalue weighted by molar-refractivity contribution is 0.586. The first-order valence-corrected chi connectivity index (χ1v) is 6.27. The molecule has 0 aliphatic heterocycles. The second-order valence-corrected chi connectivity index (χ2v) is 4.77. The summed E-state index contributed by atoms with van der Waals surface area (Å²) in [7, 11) is 0. The number of hydrogen-bond donors (Lipinski definition) is 1. The smallest absolute Gasteiger partial charge is 0.0106 e. The first kappa shape index (κ1) is 15.2. The normalized spacial score (nSPS) is 9.94. The largest absolute Gasteiger partial charge is 0.331 e. The van der Waals surface area contributed by atoms with Gasteiger partial charge in [-0.1, -0.05) is 44.5 Å². The van der Waals surface area contributed by atoms with E-state index in [2.05, 4.69) is 45.9 Å². The van der Waals surface area contributed by atoms with E-state index in [9.17, 15) is 0 Å². The average Bonchev–Trinajstić information content (AvgIpc) is 2.17. The fourth-order valence-corrected chi connectivity index (χ4v) is 1.57. The zero-order chi connectivity index (χ0) is 12.6. The Hall–Kier alpha value is -0.820. The molecule has 0 bridgehead atoms. The molecule has 0 radical (unpaired) electrons. The van der Waals surface area contributed by atoms with Gasteiger partial charge in [-0.2, -0.15) is 0 Å². The molecule has 1 aromatic carbocycles. The molecule has 0 amide bonds. The summed E-state index contributed by atoms with van der Waals surface area (Å²) in [5.74, 6) is 0.806. The summed E-state index contributed by atoms with van der Waals surface area (Å²) in [5.41, 5.74) is 9.17. The van der Waals surface area contributed by atoms with Crippen molar-refractivity contribution in [3.8, 4) is 0 Å². The highest BCUT2D eigenvalue weighted by molar-refractivity contribution is 5.30. The van der Waals surface area contributed by atoms with Crippen LogP contribution >= 0.6 is 0 Å². The molecule has 16 heavy (non-hydrogen) atoms. The van der Waals surface area contributed by atoms with Gasteiger partial charge in [0.1, 0.15) is 0 Å². The molecule has 0 spiro atoms. The molecule has 0 atom stereocenters. The maximum atomic E-state index is 4.85. The van der Waals surface area contributed by atoms with E-state index in [1.54, 1.807) is 0 Å². The van der Waals surface area contributed by atoms with Crippen LogP contribution in [0.4, 0.5) is 0 Å². The third-order valence-electron chi connectivity index (χ3n) is 2.49. The van der Waals surface area contributed by atoms with Crippen LogP contribution in [0, 0.1) is 19.8 Å². The zero-order valence-corrected chi connectivity index (χ0v) is 11.5. The summed E-state index contributed by atoms with van der Waals surface area (Å²) in [6.07, 6.45) is 2.52. The van der Waals surface area contributed by atoms with Gasteiger partial charge in [0, 0.05) is 0 Å². The Morgan fingerprint density at radius 1 is 1.19 bits per heavy atom. The lowest BCUT2D eigenvalue weighted by atomic mass is 9.98. The third kappa shape index (κ3) is 6.62. The molecule has 92 valence electrons. The SMILES string of the molecule is CCN.Cc1ccc(CCC(C)C)c(C)c1. The standard InChI is InChI=1S/C13H20.C2H7N/c1-10(2)5-7-13-8-6-11(3)9-12(13)4;1-2-3/h6,8-10H,5,7H2,1-4H3;2-3H2,1H3. The van der Waals surface area contributed by atoms with Crippen LogP contribution in [0.3, 0.4) is 0 Å². The summed E-state index contributed by atoms with van der Waals surface area (Å²) in [6.45, 7) is 11.6. The highest BCUT2D eigenvalue weighted by Gasteiger charge is 2.00. The Morgan fingerprint density at radius 3 is 2.19 bits per heavy atom. The second-order valence-electron chi connectivity index (χ2n) is 4.77. The Balaban J connectivity index is 0.000000673. The first-order chi connectivity index (χ1) is 7.51. The summed E-state index contributed by atoms with van der Waals surface area (Å²) in [5, 5.41) is 0. The molecule has 0 saturated carbocycles. The van der Waals surface area contributed by atoms with Gasteiger partial charge in [-0.05, 0) is 50.3 Å². The van der Waals surface area contributed by atoms with Gasteiger partial charge < -0.3 is 5.73 Å². The molecule has 0 fully saturated rings. The number of nitrogens with two attached hydrogens (primary N) is 1. The van der Waals surface area contributed by atoms with E-state index in [0.29, 0.717) is 0 Å². The molecule has 1 rings (SSSR count). The highest BCUT2D eigenvalue weighted by Crippen LogP contribution is 2.14. The van der Waals surface area contributed by atoms with E-state index in [1.165, 1.54) is 29.5 Å². The minimum absolute atomic E-state index is 0.750. The quantitative estimate of drug-likeness (QED) is 0.824. The molecule has 0 aliphatic carbocycles. The monoisotopic (exact) mass is 221 g/mol. The average molecular weight is 221 g/mol. The summed E-state index contributed by atoms with van der Waals surface area (Å²) in [4.78, 5) is 0. The Labute approximate surface area is 101 Å². The lowest BCUT2D eigenvalue weighted by Gasteiger charge is -2.08. The van der Waals surface area contributed by atoms with Gasteiger partial charge in [0.15, 0.2) is 0 Å². The predicted octanol–water partition coefficient (Wildman–Crippen LogP) is 3.86. The van der Waals surface area contributed by atoms with Crippen molar-refractivity contribution in [1.29, 1.82) is 0 Å². The Morgan fingerprint density at radius 2 is 1.75 bits per heavy atom. The molecular formula is C15H27N. The number of benzene rings is 1. The second kappa shape index (κ2) is 8.35. The van der Waals surface area contributed by atoms with E-state index in [1.807, 2.05) is 6.92 Å². The van der Waals surface area contributed by atoms with Crippen LogP contribution in [0.1, 0.15) is 43.9 Å². The molecule has 0 aliphatic rings.